The first-order valence-electron chi connectivity index (χ1n) is 5.61. The van der Waals surface area contributed by atoms with Crippen molar-refractivity contribution in [2.24, 2.45) is 0 Å². The van der Waals surface area contributed by atoms with E-state index in [0.717, 1.165) is 12.2 Å². The summed E-state index contributed by atoms with van der Waals surface area (Å²) in [5, 5.41) is 3.49. The normalized spacial score (nSPS) is 20.1. The van der Waals surface area contributed by atoms with Crippen LogP contribution in [0.4, 0.5) is 0 Å². The molecule has 1 N–H and O–H groups in total. The van der Waals surface area contributed by atoms with Crippen LogP contribution in [-0.2, 0) is 0 Å². The van der Waals surface area contributed by atoms with Gasteiger partial charge in [0.2, 0.25) is 0 Å². The Hall–Kier alpha value is -1.68. The highest BCUT2D eigenvalue weighted by molar-refractivity contribution is 5.31. The largest absolute Gasteiger partial charge is 0.309 e. The average molecular weight is 214 g/mol. The lowest BCUT2D eigenvalue weighted by molar-refractivity contribution is 0.615. The van der Waals surface area contributed by atoms with E-state index in [1.54, 1.807) is 6.20 Å². The van der Waals surface area contributed by atoms with Gasteiger partial charge < -0.3 is 9.88 Å². The predicted octanol–water partition coefficient (Wildman–Crippen LogP) is 1.69. The van der Waals surface area contributed by atoms with E-state index in [9.17, 15) is 0 Å². The molecule has 1 aliphatic heterocycles. The molecule has 4 nitrogen and oxygen atoms in total. The minimum absolute atomic E-state index is 0.433. The summed E-state index contributed by atoms with van der Waals surface area (Å²) in [6.07, 6.45) is 9.87. The number of imidazole rings is 1. The topological polar surface area (TPSA) is 42.7 Å². The Balaban J connectivity index is 1.99. The SMILES string of the molecule is c1cncc(-n2cncc2C2CCCN2)c1. The average Bonchev–Trinajstić information content (AvgIpc) is 3.01. The third-order valence-corrected chi connectivity index (χ3v) is 3.01. The highest BCUT2D eigenvalue weighted by Crippen LogP contribution is 2.24. The van der Waals surface area contributed by atoms with Crippen LogP contribution in [0, 0.1) is 0 Å². The molecule has 2 aromatic rings. The summed E-state index contributed by atoms with van der Waals surface area (Å²) in [5.41, 5.74) is 2.30. The fraction of sp³-hybridized carbons (Fsp3) is 0.333. The van der Waals surface area contributed by atoms with Crippen LogP contribution in [0.25, 0.3) is 5.69 Å². The molecule has 1 unspecified atom stereocenters. The van der Waals surface area contributed by atoms with Crippen LogP contribution in [-0.4, -0.2) is 21.1 Å². The fourth-order valence-corrected chi connectivity index (χ4v) is 2.21. The Labute approximate surface area is 94.4 Å². The van der Waals surface area contributed by atoms with Gasteiger partial charge in [-0.2, -0.15) is 0 Å². The smallest absolute Gasteiger partial charge is 0.0995 e. The van der Waals surface area contributed by atoms with E-state index in [2.05, 4.69) is 19.9 Å². The maximum absolute atomic E-state index is 4.24. The monoisotopic (exact) mass is 214 g/mol. The van der Waals surface area contributed by atoms with Gasteiger partial charge in [0.1, 0.15) is 0 Å². The standard InChI is InChI=1S/C12H14N4/c1-3-10(7-13-5-1)16-9-14-8-12(16)11-4-2-6-15-11/h1,3,5,7-9,11,15H,2,4,6H2. The van der Waals surface area contributed by atoms with E-state index < -0.39 is 0 Å². The molecule has 0 aliphatic carbocycles. The second-order valence-corrected chi connectivity index (χ2v) is 4.05. The van der Waals surface area contributed by atoms with Crippen LogP contribution in [0.1, 0.15) is 24.6 Å². The van der Waals surface area contributed by atoms with Gasteiger partial charge in [-0.3, -0.25) is 4.98 Å². The van der Waals surface area contributed by atoms with E-state index in [1.165, 1.54) is 18.5 Å². The van der Waals surface area contributed by atoms with Crippen molar-refractivity contribution >= 4 is 0 Å². The maximum Gasteiger partial charge on any atom is 0.0995 e. The van der Waals surface area contributed by atoms with Crippen LogP contribution in [0.3, 0.4) is 0 Å². The Morgan fingerprint density at radius 2 is 2.31 bits per heavy atom. The van der Waals surface area contributed by atoms with Gasteiger partial charge in [-0.25, -0.2) is 4.98 Å². The molecule has 1 saturated heterocycles. The van der Waals surface area contributed by atoms with Crippen molar-refractivity contribution in [3.05, 3.63) is 42.7 Å². The molecule has 16 heavy (non-hydrogen) atoms. The van der Waals surface area contributed by atoms with E-state index in [4.69, 9.17) is 0 Å². The van der Waals surface area contributed by atoms with Crippen LogP contribution in [0.5, 0.6) is 0 Å². The van der Waals surface area contributed by atoms with Gasteiger partial charge in [0.15, 0.2) is 0 Å². The zero-order chi connectivity index (χ0) is 10.8. The summed E-state index contributed by atoms with van der Waals surface area (Å²) < 4.78 is 2.11. The molecule has 1 atom stereocenters. The minimum Gasteiger partial charge on any atom is -0.309 e. The molecule has 0 saturated carbocycles. The minimum atomic E-state index is 0.433. The molecule has 2 aromatic heterocycles. The first-order valence-corrected chi connectivity index (χ1v) is 5.61. The quantitative estimate of drug-likeness (QED) is 0.827. The van der Waals surface area contributed by atoms with Gasteiger partial charge in [-0.05, 0) is 31.5 Å². The Bertz CT molecular complexity index is 457. The lowest BCUT2D eigenvalue weighted by Gasteiger charge is -2.13. The number of rotatable bonds is 2. The summed E-state index contributed by atoms with van der Waals surface area (Å²) in [6.45, 7) is 1.10. The molecule has 1 aliphatic rings. The second kappa shape index (κ2) is 4.06. The number of nitrogens with one attached hydrogen (secondary N) is 1. The molecule has 1 fully saturated rings. The molecule has 0 aromatic carbocycles. The molecule has 82 valence electrons. The zero-order valence-electron chi connectivity index (χ0n) is 9.00. The first kappa shape index (κ1) is 9.54. The zero-order valence-corrected chi connectivity index (χ0v) is 9.00. The van der Waals surface area contributed by atoms with E-state index >= 15 is 0 Å². The van der Waals surface area contributed by atoms with Crippen LogP contribution in [0.2, 0.25) is 0 Å². The van der Waals surface area contributed by atoms with Crippen molar-refractivity contribution in [2.45, 2.75) is 18.9 Å². The highest BCUT2D eigenvalue weighted by atomic mass is 15.1. The fourth-order valence-electron chi connectivity index (χ4n) is 2.21. The summed E-state index contributed by atoms with van der Waals surface area (Å²) in [7, 11) is 0. The number of aromatic nitrogens is 3. The highest BCUT2D eigenvalue weighted by Gasteiger charge is 2.20. The van der Waals surface area contributed by atoms with Gasteiger partial charge in [0.05, 0.1) is 30.1 Å². The lowest BCUT2D eigenvalue weighted by Crippen LogP contribution is -2.16. The van der Waals surface area contributed by atoms with Gasteiger partial charge in [-0.15, -0.1) is 0 Å². The molecule has 4 heteroatoms. The van der Waals surface area contributed by atoms with E-state index in [1.807, 2.05) is 30.9 Å². The van der Waals surface area contributed by atoms with Gasteiger partial charge in [-0.1, -0.05) is 0 Å². The summed E-state index contributed by atoms with van der Waals surface area (Å²) in [6, 6.07) is 4.43. The van der Waals surface area contributed by atoms with Crippen LogP contribution < -0.4 is 5.32 Å². The Kier molecular flexibility index (Phi) is 2.42. The summed E-state index contributed by atoms with van der Waals surface area (Å²) >= 11 is 0. The van der Waals surface area contributed by atoms with Crippen molar-refractivity contribution in [1.82, 2.24) is 19.9 Å². The third-order valence-electron chi connectivity index (χ3n) is 3.01. The van der Waals surface area contributed by atoms with Crippen molar-refractivity contribution in [3.63, 3.8) is 0 Å². The molecule has 0 spiro atoms. The molecular weight excluding hydrogens is 200 g/mol. The van der Waals surface area contributed by atoms with E-state index in [-0.39, 0.29) is 0 Å². The van der Waals surface area contributed by atoms with Crippen molar-refractivity contribution in [2.75, 3.05) is 6.54 Å². The maximum atomic E-state index is 4.24. The Morgan fingerprint density at radius 1 is 1.31 bits per heavy atom. The van der Waals surface area contributed by atoms with Gasteiger partial charge in [0.25, 0.3) is 0 Å². The number of hydrogen-bond acceptors (Lipinski definition) is 3. The second-order valence-electron chi connectivity index (χ2n) is 4.05. The molecule has 0 radical (unpaired) electrons. The molecule has 0 bridgehead atoms. The number of hydrogen-bond donors (Lipinski definition) is 1. The van der Waals surface area contributed by atoms with Gasteiger partial charge >= 0.3 is 0 Å². The van der Waals surface area contributed by atoms with Crippen molar-refractivity contribution in [3.8, 4) is 5.69 Å². The van der Waals surface area contributed by atoms with Crippen molar-refractivity contribution < 1.29 is 0 Å². The number of nitrogens with zero attached hydrogens (tertiary/aromatic N) is 3. The van der Waals surface area contributed by atoms with Crippen LogP contribution in [0.15, 0.2) is 37.1 Å². The van der Waals surface area contributed by atoms with Crippen molar-refractivity contribution in [1.29, 1.82) is 0 Å². The predicted molar refractivity (Wildman–Crippen MR) is 61.3 cm³/mol. The molecule has 3 heterocycles. The number of pyridine rings is 1. The molecule has 0 amide bonds. The summed E-state index contributed by atoms with van der Waals surface area (Å²) in [5.74, 6) is 0. The third kappa shape index (κ3) is 1.61. The van der Waals surface area contributed by atoms with Crippen LogP contribution >= 0.6 is 0 Å². The molecule has 3 rings (SSSR count). The van der Waals surface area contributed by atoms with E-state index in [0.29, 0.717) is 6.04 Å². The Morgan fingerprint density at radius 3 is 3.06 bits per heavy atom. The first-order chi connectivity index (χ1) is 7.95. The summed E-state index contributed by atoms with van der Waals surface area (Å²) in [4.78, 5) is 8.38. The lowest BCUT2D eigenvalue weighted by atomic mass is 10.1. The molecular formula is C12H14N4. The van der Waals surface area contributed by atoms with Gasteiger partial charge in [0, 0.05) is 12.2 Å².